The Morgan fingerprint density at radius 2 is 1.42 bits per heavy atom. The Morgan fingerprint density at radius 1 is 0.868 bits per heavy atom. The molecular formula is C33H40O5. The van der Waals surface area contributed by atoms with Gasteiger partial charge in [-0.2, -0.15) is 0 Å². The van der Waals surface area contributed by atoms with Crippen LogP contribution in [0.1, 0.15) is 85.0 Å². The van der Waals surface area contributed by atoms with E-state index < -0.39 is 50.5 Å². The maximum absolute atomic E-state index is 15.2. The van der Waals surface area contributed by atoms with Crippen molar-refractivity contribution in [1.82, 2.24) is 0 Å². The van der Waals surface area contributed by atoms with E-state index in [4.69, 9.17) is 4.74 Å². The van der Waals surface area contributed by atoms with Crippen LogP contribution in [0.5, 0.6) is 0 Å². The molecule has 4 bridgehead atoms. The summed E-state index contributed by atoms with van der Waals surface area (Å²) in [6, 6.07) is 8.67. The van der Waals surface area contributed by atoms with Crippen molar-refractivity contribution in [2.45, 2.75) is 86.4 Å². The highest BCUT2D eigenvalue weighted by molar-refractivity contribution is 6.42. The van der Waals surface area contributed by atoms with Gasteiger partial charge >= 0.3 is 0 Å². The Morgan fingerprint density at radius 3 is 1.95 bits per heavy atom. The van der Waals surface area contributed by atoms with Gasteiger partial charge in [0.15, 0.2) is 28.5 Å². The summed E-state index contributed by atoms with van der Waals surface area (Å²) in [5.74, 6) is -2.37. The summed E-state index contributed by atoms with van der Waals surface area (Å²) in [6.45, 7) is 15.6. The first-order valence-corrected chi connectivity index (χ1v) is 13.8. The zero-order chi connectivity index (χ0) is 28.1. The number of Topliss-reactive ketones (excluding diaryl/α,β-unsaturated/α-hetero) is 4. The normalized spacial score (nSPS) is 37.7. The number of epoxide rings is 1. The third-order valence-electron chi connectivity index (χ3n) is 10.3. The minimum absolute atomic E-state index is 0.188. The van der Waals surface area contributed by atoms with Crippen LogP contribution in [0, 0.1) is 33.5 Å². The fourth-order valence-electron chi connectivity index (χ4n) is 8.24. The molecule has 5 aliphatic rings. The zero-order valence-corrected chi connectivity index (χ0v) is 23.9. The first-order chi connectivity index (χ1) is 17.6. The van der Waals surface area contributed by atoms with Crippen molar-refractivity contribution in [3.63, 3.8) is 0 Å². The van der Waals surface area contributed by atoms with Gasteiger partial charge in [-0.05, 0) is 72.1 Å². The van der Waals surface area contributed by atoms with Gasteiger partial charge in [0, 0.05) is 11.5 Å². The lowest BCUT2D eigenvalue weighted by atomic mass is 9.26. The number of ether oxygens (including phenoxy) is 1. The number of carbonyl (C=O) groups is 4. The van der Waals surface area contributed by atoms with Gasteiger partial charge < -0.3 is 4.74 Å². The molecule has 0 amide bonds. The summed E-state index contributed by atoms with van der Waals surface area (Å²) >= 11 is 0. The first kappa shape index (κ1) is 26.9. The van der Waals surface area contributed by atoms with Gasteiger partial charge in [-0.1, -0.05) is 67.5 Å². The largest absolute Gasteiger partial charge is 0.366 e. The maximum Gasteiger partial charge on any atom is 0.184 e. The van der Waals surface area contributed by atoms with E-state index >= 15 is 4.79 Å². The van der Waals surface area contributed by atoms with Crippen molar-refractivity contribution < 1.29 is 23.9 Å². The van der Waals surface area contributed by atoms with E-state index in [1.807, 2.05) is 73.6 Å². The molecule has 0 radical (unpaired) electrons. The van der Waals surface area contributed by atoms with E-state index in [9.17, 15) is 14.4 Å². The van der Waals surface area contributed by atoms with Crippen LogP contribution in [0.15, 0.2) is 53.6 Å². The molecule has 5 nitrogen and oxygen atoms in total. The minimum Gasteiger partial charge on any atom is -0.366 e. The van der Waals surface area contributed by atoms with Gasteiger partial charge in [0.05, 0.1) is 22.5 Å². The Balaban J connectivity index is 1.86. The van der Waals surface area contributed by atoms with Gasteiger partial charge in [-0.25, -0.2) is 0 Å². The molecule has 6 rings (SSSR count). The highest BCUT2D eigenvalue weighted by Crippen LogP contribution is 2.77. The molecule has 6 atom stereocenters. The summed E-state index contributed by atoms with van der Waals surface area (Å²) in [6.07, 6.45) is 4.34. The summed E-state index contributed by atoms with van der Waals surface area (Å²) in [7, 11) is 0. The van der Waals surface area contributed by atoms with Crippen molar-refractivity contribution in [1.29, 1.82) is 0 Å². The smallest absolute Gasteiger partial charge is 0.184 e. The lowest BCUT2D eigenvalue weighted by molar-refractivity contribution is -0.215. The molecule has 1 aliphatic heterocycles. The molecule has 4 saturated carbocycles. The number of hydrogen-bond donors (Lipinski definition) is 0. The summed E-state index contributed by atoms with van der Waals surface area (Å²) < 4.78 is 6.18. The van der Waals surface area contributed by atoms with Gasteiger partial charge in [0.1, 0.15) is 0 Å². The SMILES string of the molecule is CC(C)=CCC12CC3C(C4OC4(C)C)C(CC=C(C)C)(C1=O)C(=O)C(C(=O)c1ccccc1)(C2=O)C3(C)C. The molecule has 0 spiro atoms. The molecule has 38 heavy (non-hydrogen) atoms. The van der Waals surface area contributed by atoms with Gasteiger partial charge in [0.2, 0.25) is 0 Å². The van der Waals surface area contributed by atoms with Crippen molar-refractivity contribution in [3.05, 3.63) is 59.2 Å². The molecule has 0 aromatic heterocycles. The number of rotatable bonds is 7. The number of ketones is 4. The van der Waals surface area contributed by atoms with Gasteiger partial charge in [-0.3, -0.25) is 19.2 Å². The van der Waals surface area contributed by atoms with E-state index in [0.717, 1.165) is 11.1 Å². The molecule has 5 fully saturated rings. The van der Waals surface area contributed by atoms with Gasteiger partial charge in [0.25, 0.3) is 0 Å². The van der Waals surface area contributed by atoms with Crippen LogP contribution in [0.25, 0.3) is 0 Å². The lowest BCUT2D eigenvalue weighted by Crippen LogP contribution is -2.84. The summed E-state index contributed by atoms with van der Waals surface area (Å²) in [5, 5.41) is 0. The molecule has 1 aromatic carbocycles. The second kappa shape index (κ2) is 8.17. The topological polar surface area (TPSA) is 80.8 Å². The number of allylic oxidation sites excluding steroid dienone is 4. The fraction of sp³-hybridized carbons (Fsp3) is 0.576. The van der Waals surface area contributed by atoms with Crippen LogP contribution in [0.3, 0.4) is 0 Å². The number of hydrogen-bond acceptors (Lipinski definition) is 5. The van der Waals surface area contributed by atoms with Crippen LogP contribution in [0.4, 0.5) is 0 Å². The highest BCUT2D eigenvalue weighted by Gasteiger charge is 2.88. The first-order valence-electron chi connectivity index (χ1n) is 13.8. The Labute approximate surface area is 226 Å². The molecule has 1 saturated heterocycles. The van der Waals surface area contributed by atoms with Crippen LogP contribution in [-0.2, 0) is 19.1 Å². The van der Waals surface area contributed by atoms with Crippen LogP contribution < -0.4 is 0 Å². The number of benzene rings is 1. The fourth-order valence-corrected chi connectivity index (χ4v) is 8.24. The monoisotopic (exact) mass is 516 g/mol. The van der Waals surface area contributed by atoms with Crippen LogP contribution in [0.2, 0.25) is 0 Å². The standard InChI is InChI=1S/C33H40O5/c1-19(2)14-16-31-18-22-23(25-30(7,8)38-25)32(26(31)35,17-15-20(3)4)28(37)33(27(31)36,29(22,5)6)24(34)21-12-10-9-11-13-21/h9-15,22-23,25H,16-18H2,1-8H3. The predicted molar refractivity (Wildman–Crippen MR) is 146 cm³/mol. The molecule has 202 valence electrons. The average Bonchev–Trinajstić information content (AvgIpc) is 3.48. The van der Waals surface area contributed by atoms with Crippen molar-refractivity contribution in [3.8, 4) is 0 Å². The van der Waals surface area contributed by atoms with E-state index in [1.54, 1.807) is 24.3 Å². The Bertz CT molecular complexity index is 1310. The summed E-state index contributed by atoms with van der Waals surface area (Å²) in [5.41, 5.74) is -3.94. The predicted octanol–water partition coefficient (Wildman–Crippen LogP) is 6.12. The average molecular weight is 517 g/mol. The molecule has 1 heterocycles. The Hall–Kier alpha value is -2.66. The second-order valence-electron chi connectivity index (χ2n) is 13.7. The van der Waals surface area contributed by atoms with Crippen LogP contribution in [-0.4, -0.2) is 34.8 Å². The molecule has 6 unspecified atom stereocenters. The van der Waals surface area contributed by atoms with Gasteiger partial charge in [-0.15, -0.1) is 0 Å². The molecule has 4 aliphatic carbocycles. The minimum atomic E-state index is -1.92. The van der Waals surface area contributed by atoms with E-state index in [0.29, 0.717) is 12.0 Å². The summed E-state index contributed by atoms with van der Waals surface area (Å²) in [4.78, 5) is 59.5. The van der Waals surface area contributed by atoms with Crippen molar-refractivity contribution >= 4 is 23.1 Å². The lowest BCUT2D eigenvalue weighted by Gasteiger charge is -2.71. The molecule has 1 aromatic rings. The van der Waals surface area contributed by atoms with E-state index in [1.165, 1.54) is 0 Å². The molecule has 0 N–H and O–H groups in total. The van der Waals surface area contributed by atoms with Crippen molar-refractivity contribution in [2.24, 2.45) is 33.5 Å². The van der Waals surface area contributed by atoms with E-state index in [-0.39, 0.29) is 30.6 Å². The number of carbonyl (C=O) groups excluding carboxylic acids is 4. The third-order valence-corrected chi connectivity index (χ3v) is 10.3. The van der Waals surface area contributed by atoms with Crippen LogP contribution >= 0.6 is 0 Å². The molecule has 5 heteroatoms. The Kier molecular flexibility index (Phi) is 5.79. The third kappa shape index (κ3) is 3.08. The second-order valence-corrected chi connectivity index (χ2v) is 13.7. The highest BCUT2D eigenvalue weighted by atomic mass is 16.6. The zero-order valence-electron chi connectivity index (χ0n) is 23.9. The quantitative estimate of drug-likeness (QED) is 0.189. The van der Waals surface area contributed by atoms with Crippen molar-refractivity contribution in [2.75, 3.05) is 0 Å². The molecular weight excluding hydrogens is 476 g/mol. The van der Waals surface area contributed by atoms with E-state index in [2.05, 4.69) is 0 Å². The maximum atomic E-state index is 15.2.